The van der Waals surface area contributed by atoms with Gasteiger partial charge in [-0.25, -0.2) is 0 Å². The predicted molar refractivity (Wildman–Crippen MR) is 60.5 cm³/mol. The van der Waals surface area contributed by atoms with E-state index in [9.17, 15) is 13.2 Å². The molecule has 0 atom stereocenters. The van der Waals surface area contributed by atoms with Gasteiger partial charge in [0.15, 0.2) is 0 Å². The first-order valence-electron chi connectivity index (χ1n) is 4.79. The summed E-state index contributed by atoms with van der Waals surface area (Å²) >= 11 is 3.29. The van der Waals surface area contributed by atoms with Gasteiger partial charge in [0.2, 0.25) is 0 Å². The third-order valence-electron chi connectivity index (χ3n) is 2.22. The quantitative estimate of drug-likeness (QED) is 0.827. The molecule has 0 fully saturated rings. The van der Waals surface area contributed by atoms with Crippen molar-refractivity contribution in [2.75, 3.05) is 0 Å². The molecule has 0 aliphatic heterocycles. The molecule has 0 N–H and O–H groups in total. The van der Waals surface area contributed by atoms with E-state index in [1.54, 1.807) is 0 Å². The molecule has 6 heteroatoms. The highest BCUT2D eigenvalue weighted by Crippen LogP contribution is 2.28. The number of nitrogens with zero attached hydrogens (tertiary/aromatic N) is 2. The Morgan fingerprint density at radius 3 is 2.35 bits per heavy atom. The van der Waals surface area contributed by atoms with Crippen LogP contribution in [-0.2, 0) is 12.7 Å². The molecule has 17 heavy (non-hydrogen) atoms. The Hall–Kier alpha value is -1.30. The van der Waals surface area contributed by atoms with E-state index < -0.39 is 11.7 Å². The van der Waals surface area contributed by atoms with Gasteiger partial charge in [0, 0.05) is 10.7 Å². The lowest BCUT2D eigenvalue weighted by atomic mass is 10.2. The average Bonchev–Trinajstić information content (AvgIpc) is 2.69. The van der Waals surface area contributed by atoms with Crippen molar-refractivity contribution in [3.05, 3.63) is 52.3 Å². The summed E-state index contributed by atoms with van der Waals surface area (Å²) in [6.45, 7) is 0.323. The molecule has 0 saturated heterocycles. The number of hydrogen-bond acceptors (Lipinski definition) is 1. The van der Waals surface area contributed by atoms with Crippen molar-refractivity contribution in [3.8, 4) is 0 Å². The van der Waals surface area contributed by atoms with Gasteiger partial charge in [-0.3, -0.25) is 4.68 Å². The van der Waals surface area contributed by atoms with Crippen LogP contribution < -0.4 is 0 Å². The van der Waals surface area contributed by atoms with Gasteiger partial charge in [0.1, 0.15) is 0 Å². The van der Waals surface area contributed by atoms with Crippen LogP contribution in [0.15, 0.2) is 41.1 Å². The molecule has 0 saturated carbocycles. The minimum absolute atomic E-state index is 0.323. The third kappa shape index (κ3) is 3.09. The fourth-order valence-corrected chi connectivity index (χ4v) is 1.64. The van der Waals surface area contributed by atoms with Crippen LogP contribution in [0.25, 0.3) is 0 Å². The van der Waals surface area contributed by atoms with Crippen LogP contribution in [-0.4, -0.2) is 9.78 Å². The van der Waals surface area contributed by atoms with E-state index in [1.165, 1.54) is 4.68 Å². The first kappa shape index (κ1) is 12.2. The third-order valence-corrected chi connectivity index (χ3v) is 2.75. The molecule has 2 rings (SSSR count). The molecule has 0 aliphatic rings. The van der Waals surface area contributed by atoms with Crippen molar-refractivity contribution in [2.24, 2.45) is 0 Å². The number of rotatable bonds is 2. The summed E-state index contributed by atoms with van der Waals surface area (Å²) < 4.78 is 39.2. The number of hydrogen-bond donors (Lipinski definition) is 0. The molecule has 2 nitrogen and oxygen atoms in total. The largest absolute Gasteiger partial charge is 0.419 e. The fourth-order valence-electron chi connectivity index (χ4n) is 1.37. The van der Waals surface area contributed by atoms with Crippen molar-refractivity contribution in [2.45, 2.75) is 12.7 Å². The summed E-state index contributed by atoms with van der Waals surface area (Å²) in [7, 11) is 0. The zero-order valence-corrected chi connectivity index (χ0v) is 10.2. The summed E-state index contributed by atoms with van der Waals surface area (Å²) in [5.41, 5.74) is 0.166. The topological polar surface area (TPSA) is 17.8 Å². The molecule has 90 valence electrons. The van der Waals surface area contributed by atoms with Crippen LogP contribution in [0, 0.1) is 0 Å². The van der Waals surface area contributed by atoms with Gasteiger partial charge in [-0.2, -0.15) is 18.3 Å². The van der Waals surface area contributed by atoms with E-state index in [0.29, 0.717) is 6.54 Å². The summed E-state index contributed by atoms with van der Waals surface area (Å²) in [5.74, 6) is 0. The molecular formula is C11H8BrF3N2. The van der Waals surface area contributed by atoms with Crippen molar-refractivity contribution in [1.82, 2.24) is 9.78 Å². The summed E-state index contributed by atoms with van der Waals surface area (Å²) in [5, 5.41) is 3.69. The van der Waals surface area contributed by atoms with Gasteiger partial charge in [0.25, 0.3) is 0 Å². The Balaban J connectivity index is 2.14. The molecule has 2 aromatic rings. The van der Waals surface area contributed by atoms with E-state index in [1.807, 2.05) is 24.3 Å². The minimum Gasteiger partial charge on any atom is -0.268 e. The van der Waals surface area contributed by atoms with Crippen molar-refractivity contribution in [1.29, 1.82) is 0 Å². The van der Waals surface area contributed by atoms with Gasteiger partial charge in [-0.15, -0.1) is 0 Å². The Morgan fingerprint density at radius 2 is 1.82 bits per heavy atom. The Morgan fingerprint density at radius 1 is 1.18 bits per heavy atom. The Labute approximate surface area is 104 Å². The van der Waals surface area contributed by atoms with E-state index in [-0.39, 0.29) is 0 Å². The lowest BCUT2D eigenvalue weighted by Gasteiger charge is -2.03. The molecule has 0 bridgehead atoms. The maximum Gasteiger partial charge on any atom is 0.419 e. The van der Waals surface area contributed by atoms with E-state index in [0.717, 1.165) is 22.4 Å². The highest BCUT2D eigenvalue weighted by atomic mass is 79.9. The average molecular weight is 305 g/mol. The van der Waals surface area contributed by atoms with Crippen LogP contribution in [0.1, 0.15) is 11.1 Å². The molecule has 0 radical (unpaired) electrons. The number of aromatic nitrogens is 2. The maximum atomic E-state index is 12.3. The summed E-state index contributed by atoms with van der Waals surface area (Å²) in [6, 6.07) is 7.34. The van der Waals surface area contributed by atoms with Gasteiger partial charge < -0.3 is 0 Å². The SMILES string of the molecule is FC(F)(F)c1cnn(Cc2ccc(Br)cc2)c1. The Kier molecular flexibility index (Phi) is 3.24. The van der Waals surface area contributed by atoms with Gasteiger partial charge in [-0.1, -0.05) is 28.1 Å². The monoisotopic (exact) mass is 304 g/mol. The van der Waals surface area contributed by atoms with Gasteiger partial charge in [0.05, 0.1) is 18.3 Å². The van der Waals surface area contributed by atoms with Crippen molar-refractivity contribution < 1.29 is 13.2 Å². The van der Waals surface area contributed by atoms with Crippen molar-refractivity contribution in [3.63, 3.8) is 0 Å². The second-order valence-corrected chi connectivity index (χ2v) is 4.47. The van der Waals surface area contributed by atoms with Crippen molar-refractivity contribution >= 4 is 15.9 Å². The number of benzene rings is 1. The second kappa shape index (κ2) is 4.52. The number of halogens is 4. The van der Waals surface area contributed by atoms with Crippen LogP contribution in [0.4, 0.5) is 13.2 Å². The second-order valence-electron chi connectivity index (χ2n) is 3.55. The molecule has 1 aromatic heterocycles. The molecule has 0 spiro atoms. The Bertz CT molecular complexity index is 502. The molecule has 0 unspecified atom stereocenters. The fraction of sp³-hybridized carbons (Fsp3) is 0.182. The van der Waals surface area contributed by atoms with Crippen LogP contribution in [0.2, 0.25) is 0 Å². The van der Waals surface area contributed by atoms with E-state index in [4.69, 9.17) is 0 Å². The maximum absolute atomic E-state index is 12.3. The highest BCUT2D eigenvalue weighted by Gasteiger charge is 2.32. The predicted octanol–water partition coefficient (Wildman–Crippen LogP) is 3.71. The van der Waals surface area contributed by atoms with Crippen LogP contribution >= 0.6 is 15.9 Å². The molecule has 0 amide bonds. The smallest absolute Gasteiger partial charge is 0.268 e. The van der Waals surface area contributed by atoms with Gasteiger partial charge in [-0.05, 0) is 17.7 Å². The normalized spacial score (nSPS) is 11.8. The molecule has 0 aliphatic carbocycles. The standard InChI is InChI=1S/C11H8BrF3N2/c12-10-3-1-8(2-4-10)6-17-7-9(5-16-17)11(13,14)15/h1-5,7H,6H2. The summed E-state index contributed by atoms with van der Waals surface area (Å²) in [4.78, 5) is 0. The highest BCUT2D eigenvalue weighted by molar-refractivity contribution is 9.10. The lowest BCUT2D eigenvalue weighted by Crippen LogP contribution is -2.04. The van der Waals surface area contributed by atoms with E-state index >= 15 is 0 Å². The lowest BCUT2D eigenvalue weighted by molar-refractivity contribution is -0.137. The number of alkyl halides is 3. The van der Waals surface area contributed by atoms with Crippen LogP contribution in [0.3, 0.4) is 0 Å². The summed E-state index contributed by atoms with van der Waals surface area (Å²) in [6.07, 6.45) is -2.50. The van der Waals surface area contributed by atoms with E-state index in [2.05, 4.69) is 21.0 Å². The van der Waals surface area contributed by atoms with Gasteiger partial charge >= 0.3 is 6.18 Å². The zero-order valence-electron chi connectivity index (χ0n) is 8.58. The first-order valence-corrected chi connectivity index (χ1v) is 5.58. The minimum atomic E-state index is -4.34. The molecular weight excluding hydrogens is 297 g/mol. The molecule has 1 heterocycles. The zero-order chi connectivity index (χ0) is 12.5. The first-order chi connectivity index (χ1) is 7.95. The van der Waals surface area contributed by atoms with Crippen LogP contribution in [0.5, 0.6) is 0 Å². The molecule has 1 aromatic carbocycles.